The number of nitrogens with one attached hydrogen (secondary N) is 1. The summed E-state index contributed by atoms with van der Waals surface area (Å²) >= 11 is 0. The van der Waals surface area contributed by atoms with Gasteiger partial charge in [0.15, 0.2) is 0 Å². The van der Waals surface area contributed by atoms with E-state index in [4.69, 9.17) is 0 Å². The lowest BCUT2D eigenvalue weighted by Gasteiger charge is -2.32. The minimum absolute atomic E-state index is 0.142. The summed E-state index contributed by atoms with van der Waals surface area (Å²) in [5.41, 5.74) is 0. The molecule has 0 aromatic heterocycles. The van der Waals surface area contributed by atoms with Gasteiger partial charge < -0.3 is 15.1 Å². The number of urea groups is 1. The fraction of sp³-hybridized carbons (Fsp3) is 0.938. The van der Waals surface area contributed by atoms with Crippen molar-refractivity contribution in [3.8, 4) is 0 Å². The van der Waals surface area contributed by atoms with Gasteiger partial charge in [-0.1, -0.05) is 13.8 Å². The Bertz CT molecular complexity index is 308. The van der Waals surface area contributed by atoms with Crippen LogP contribution in [0.5, 0.6) is 0 Å². The highest BCUT2D eigenvalue weighted by atomic mass is 16.2. The van der Waals surface area contributed by atoms with Crippen molar-refractivity contribution >= 4 is 6.03 Å². The SMILES string of the molecule is CC1CCCN(CCCNC(=O)N2CCCC(C)C2)C1. The average molecular weight is 281 g/mol. The number of carbonyl (C=O) groups excluding carboxylic acids is 1. The highest BCUT2D eigenvalue weighted by molar-refractivity contribution is 5.74. The number of nitrogens with zero attached hydrogens (tertiary/aromatic N) is 2. The average Bonchev–Trinajstić information content (AvgIpc) is 2.43. The van der Waals surface area contributed by atoms with E-state index in [0.717, 1.165) is 44.9 Å². The van der Waals surface area contributed by atoms with Crippen LogP contribution in [-0.4, -0.2) is 55.1 Å². The van der Waals surface area contributed by atoms with Crippen molar-refractivity contribution in [2.24, 2.45) is 11.8 Å². The third-order valence-corrected chi connectivity index (χ3v) is 4.61. The summed E-state index contributed by atoms with van der Waals surface area (Å²) in [5, 5.41) is 3.08. The number of hydrogen-bond donors (Lipinski definition) is 1. The summed E-state index contributed by atoms with van der Waals surface area (Å²) in [7, 11) is 0. The molecule has 0 saturated carbocycles. The van der Waals surface area contributed by atoms with Gasteiger partial charge in [0.05, 0.1) is 0 Å². The first-order valence-electron chi connectivity index (χ1n) is 8.40. The lowest BCUT2D eigenvalue weighted by molar-refractivity contribution is 0.166. The van der Waals surface area contributed by atoms with E-state index in [1.54, 1.807) is 0 Å². The van der Waals surface area contributed by atoms with Crippen molar-refractivity contribution in [1.82, 2.24) is 15.1 Å². The van der Waals surface area contributed by atoms with Gasteiger partial charge in [-0.15, -0.1) is 0 Å². The second kappa shape index (κ2) is 7.87. The monoisotopic (exact) mass is 281 g/mol. The fourth-order valence-corrected chi connectivity index (χ4v) is 3.47. The summed E-state index contributed by atoms with van der Waals surface area (Å²) in [6.45, 7) is 10.8. The molecule has 2 unspecified atom stereocenters. The molecule has 1 N–H and O–H groups in total. The second-order valence-electron chi connectivity index (χ2n) is 6.83. The number of piperidine rings is 2. The molecular formula is C16H31N3O. The van der Waals surface area contributed by atoms with Crippen molar-refractivity contribution in [2.75, 3.05) is 39.3 Å². The van der Waals surface area contributed by atoms with Gasteiger partial charge in [-0.3, -0.25) is 0 Å². The molecule has 2 aliphatic heterocycles. The van der Waals surface area contributed by atoms with Gasteiger partial charge in [-0.05, 0) is 57.0 Å². The summed E-state index contributed by atoms with van der Waals surface area (Å²) in [6.07, 6.45) is 6.19. The van der Waals surface area contributed by atoms with Crippen molar-refractivity contribution < 1.29 is 4.79 Å². The van der Waals surface area contributed by atoms with Crippen LogP contribution >= 0.6 is 0 Å². The van der Waals surface area contributed by atoms with Crippen LogP contribution in [0.4, 0.5) is 4.79 Å². The Balaban J connectivity index is 1.57. The summed E-state index contributed by atoms with van der Waals surface area (Å²) in [6, 6.07) is 0.142. The predicted octanol–water partition coefficient (Wildman–Crippen LogP) is 2.55. The highest BCUT2D eigenvalue weighted by Gasteiger charge is 2.20. The minimum Gasteiger partial charge on any atom is -0.338 e. The smallest absolute Gasteiger partial charge is 0.317 e. The molecule has 0 spiro atoms. The summed E-state index contributed by atoms with van der Waals surface area (Å²) in [4.78, 5) is 16.6. The molecule has 20 heavy (non-hydrogen) atoms. The van der Waals surface area contributed by atoms with E-state index in [-0.39, 0.29) is 6.03 Å². The topological polar surface area (TPSA) is 35.6 Å². The Kier molecular flexibility index (Phi) is 6.14. The Labute approximate surface area is 123 Å². The third-order valence-electron chi connectivity index (χ3n) is 4.61. The molecule has 0 aromatic carbocycles. The molecule has 2 aliphatic rings. The van der Waals surface area contributed by atoms with Crippen molar-refractivity contribution in [2.45, 2.75) is 46.0 Å². The van der Waals surface area contributed by atoms with E-state index in [0.29, 0.717) is 5.92 Å². The van der Waals surface area contributed by atoms with Crippen molar-refractivity contribution in [1.29, 1.82) is 0 Å². The zero-order valence-corrected chi connectivity index (χ0v) is 13.2. The van der Waals surface area contributed by atoms with E-state index in [9.17, 15) is 4.79 Å². The number of rotatable bonds is 4. The van der Waals surface area contributed by atoms with Gasteiger partial charge in [0.25, 0.3) is 0 Å². The molecule has 0 aliphatic carbocycles. The Morgan fingerprint density at radius 2 is 1.80 bits per heavy atom. The lowest BCUT2D eigenvalue weighted by Crippen LogP contribution is -2.45. The molecule has 4 nitrogen and oxygen atoms in total. The fourth-order valence-electron chi connectivity index (χ4n) is 3.47. The summed E-state index contributed by atoms with van der Waals surface area (Å²) < 4.78 is 0. The molecule has 0 aromatic rings. The Morgan fingerprint density at radius 3 is 2.50 bits per heavy atom. The molecule has 0 bridgehead atoms. The van der Waals surface area contributed by atoms with Crippen molar-refractivity contribution in [3.05, 3.63) is 0 Å². The molecule has 2 fully saturated rings. The first-order valence-corrected chi connectivity index (χ1v) is 8.40. The highest BCUT2D eigenvalue weighted by Crippen LogP contribution is 2.16. The standard InChI is InChI=1S/C16H31N3O/c1-14-6-3-9-18(12-14)10-5-8-17-16(20)19-11-4-7-15(2)13-19/h14-15H,3-13H2,1-2H3,(H,17,20). The first-order chi connectivity index (χ1) is 9.65. The zero-order chi connectivity index (χ0) is 14.4. The molecule has 4 heteroatoms. The van der Waals surface area contributed by atoms with Gasteiger partial charge in [0.2, 0.25) is 0 Å². The van der Waals surface area contributed by atoms with Crippen LogP contribution in [0, 0.1) is 11.8 Å². The lowest BCUT2D eigenvalue weighted by atomic mass is 10.0. The number of hydrogen-bond acceptors (Lipinski definition) is 2. The molecule has 2 saturated heterocycles. The zero-order valence-electron chi connectivity index (χ0n) is 13.2. The van der Waals surface area contributed by atoms with Crippen LogP contribution in [-0.2, 0) is 0 Å². The Hall–Kier alpha value is -0.770. The molecule has 116 valence electrons. The van der Waals surface area contributed by atoms with E-state index in [1.165, 1.54) is 32.4 Å². The maximum absolute atomic E-state index is 12.0. The number of carbonyl (C=O) groups is 1. The van der Waals surface area contributed by atoms with Gasteiger partial charge in [0, 0.05) is 26.2 Å². The molecule has 0 radical (unpaired) electrons. The normalized spacial score (nSPS) is 28.4. The van der Waals surface area contributed by atoms with Crippen LogP contribution in [0.3, 0.4) is 0 Å². The van der Waals surface area contributed by atoms with Crippen LogP contribution in [0.1, 0.15) is 46.0 Å². The van der Waals surface area contributed by atoms with E-state index >= 15 is 0 Å². The van der Waals surface area contributed by atoms with Crippen LogP contribution in [0.25, 0.3) is 0 Å². The maximum Gasteiger partial charge on any atom is 0.317 e. The molecule has 2 atom stereocenters. The molecule has 2 heterocycles. The Morgan fingerprint density at radius 1 is 1.10 bits per heavy atom. The minimum atomic E-state index is 0.142. The predicted molar refractivity (Wildman–Crippen MR) is 82.8 cm³/mol. The quantitative estimate of drug-likeness (QED) is 0.804. The van der Waals surface area contributed by atoms with Crippen LogP contribution < -0.4 is 5.32 Å². The van der Waals surface area contributed by atoms with E-state index < -0.39 is 0 Å². The van der Waals surface area contributed by atoms with Crippen LogP contribution in [0.2, 0.25) is 0 Å². The van der Waals surface area contributed by atoms with Gasteiger partial charge in [-0.2, -0.15) is 0 Å². The molecule has 2 amide bonds. The third kappa shape index (κ3) is 4.97. The van der Waals surface area contributed by atoms with E-state index in [1.807, 2.05) is 4.90 Å². The molecular weight excluding hydrogens is 250 g/mol. The summed E-state index contributed by atoms with van der Waals surface area (Å²) in [5.74, 6) is 1.50. The molecule has 2 rings (SSSR count). The van der Waals surface area contributed by atoms with Crippen molar-refractivity contribution in [3.63, 3.8) is 0 Å². The second-order valence-corrected chi connectivity index (χ2v) is 6.83. The van der Waals surface area contributed by atoms with Gasteiger partial charge in [-0.25, -0.2) is 4.79 Å². The number of likely N-dealkylation sites (tertiary alicyclic amines) is 2. The van der Waals surface area contributed by atoms with E-state index in [2.05, 4.69) is 24.1 Å². The largest absolute Gasteiger partial charge is 0.338 e. The number of amides is 2. The van der Waals surface area contributed by atoms with Gasteiger partial charge in [0.1, 0.15) is 0 Å². The van der Waals surface area contributed by atoms with Crippen LogP contribution in [0.15, 0.2) is 0 Å². The van der Waals surface area contributed by atoms with Gasteiger partial charge >= 0.3 is 6.03 Å². The first kappa shape index (κ1) is 15.6. The maximum atomic E-state index is 12.0.